The molecule has 0 saturated heterocycles. The molecule has 80 valence electrons. The molecule has 0 nitrogen and oxygen atoms in total. The molecule has 0 aromatic heterocycles. The standard InChI is InChI=1S/C14H24/c1-4-6-7-9-13-10-8-11-14(3,5-2)12-13/h4,10H,1,5-9,11-12H2,2-3H3/t14-/m1/s1. The van der Waals surface area contributed by atoms with Gasteiger partial charge in [0.15, 0.2) is 0 Å². The van der Waals surface area contributed by atoms with Crippen LogP contribution in [0.5, 0.6) is 0 Å². The number of hydrogen-bond acceptors (Lipinski definition) is 0. The summed E-state index contributed by atoms with van der Waals surface area (Å²) in [5.41, 5.74) is 2.29. The van der Waals surface area contributed by atoms with E-state index in [0.717, 1.165) is 0 Å². The van der Waals surface area contributed by atoms with Crippen molar-refractivity contribution in [2.75, 3.05) is 0 Å². The lowest BCUT2D eigenvalue weighted by Crippen LogP contribution is -2.19. The van der Waals surface area contributed by atoms with E-state index >= 15 is 0 Å². The van der Waals surface area contributed by atoms with E-state index in [0.29, 0.717) is 5.41 Å². The molecule has 0 heterocycles. The minimum atomic E-state index is 0.595. The molecule has 0 unspecified atom stereocenters. The Balaban J connectivity index is 2.39. The number of unbranched alkanes of at least 4 members (excludes halogenated alkanes) is 1. The fourth-order valence-corrected chi connectivity index (χ4v) is 2.30. The average Bonchev–Trinajstić information content (AvgIpc) is 2.19. The van der Waals surface area contributed by atoms with Crippen LogP contribution in [0.1, 0.15) is 58.8 Å². The molecular formula is C14H24. The predicted octanol–water partition coefficient (Wildman–Crippen LogP) is 4.87. The van der Waals surface area contributed by atoms with Gasteiger partial charge in [0.05, 0.1) is 0 Å². The highest BCUT2D eigenvalue weighted by atomic mass is 14.3. The van der Waals surface area contributed by atoms with Gasteiger partial charge >= 0.3 is 0 Å². The van der Waals surface area contributed by atoms with E-state index < -0.39 is 0 Å². The van der Waals surface area contributed by atoms with Gasteiger partial charge in [-0.15, -0.1) is 6.58 Å². The normalized spacial score (nSPS) is 27.1. The highest BCUT2D eigenvalue weighted by molar-refractivity contribution is 5.09. The highest BCUT2D eigenvalue weighted by Gasteiger charge is 2.25. The topological polar surface area (TPSA) is 0 Å². The van der Waals surface area contributed by atoms with Crippen LogP contribution in [0.15, 0.2) is 24.3 Å². The minimum Gasteiger partial charge on any atom is -0.103 e. The Bertz CT molecular complexity index is 212. The Morgan fingerprint density at radius 2 is 2.36 bits per heavy atom. The molecule has 0 spiro atoms. The summed E-state index contributed by atoms with van der Waals surface area (Å²) < 4.78 is 0. The summed E-state index contributed by atoms with van der Waals surface area (Å²) >= 11 is 0. The summed E-state index contributed by atoms with van der Waals surface area (Å²) in [7, 11) is 0. The van der Waals surface area contributed by atoms with Crippen molar-refractivity contribution >= 4 is 0 Å². The molecule has 14 heavy (non-hydrogen) atoms. The first kappa shape index (κ1) is 11.6. The molecule has 1 aliphatic rings. The van der Waals surface area contributed by atoms with Crippen LogP contribution in [0.4, 0.5) is 0 Å². The molecule has 0 bridgehead atoms. The van der Waals surface area contributed by atoms with Gasteiger partial charge in [0.25, 0.3) is 0 Å². The molecule has 0 radical (unpaired) electrons. The fraction of sp³-hybridized carbons (Fsp3) is 0.714. The summed E-state index contributed by atoms with van der Waals surface area (Å²) in [5, 5.41) is 0. The van der Waals surface area contributed by atoms with Crippen molar-refractivity contribution in [3.63, 3.8) is 0 Å². The van der Waals surface area contributed by atoms with Crippen LogP contribution in [0.3, 0.4) is 0 Å². The maximum atomic E-state index is 3.77. The van der Waals surface area contributed by atoms with Gasteiger partial charge in [-0.25, -0.2) is 0 Å². The largest absolute Gasteiger partial charge is 0.103 e. The number of hydrogen-bond donors (Lipinski definition) is 0. The van der Waals surface area contributed by atoms with Crippen molar-refractivity contribution in [3.8, 4) is 0 Å². The van der Waals surface area contributed by atoms with Crippen molar-refractivity contribution in [2.24, 2.45) is 5.41 Å². The summed E-state index contributed by atoms with van der Waals surface area (Å²) in [6.45, 7) is 8.53. The summed E-state index contributed by atoms with van der Waals surface area (Å²) in [5.74, 6) is 0. The quantitative estimate of drug-likeness (QED) is 0.430. The first-order valence-corrected chi connectivity index (χ1v) is 5.99. The predicted molar refractivity (Wildman–Crippen MR) is 64.4 cm³/mol. The zero-order valence-electron chi connectivity index (χ0n) is 9.81. The van der Waals surface area contributed by atoms with Gasteiger partial charge in [-0.05, 0) is 43.9 Å². The monoisotopic (exact) mass is 192 g/mol. The van der Waals surface area contributed by atoms with Crippen LogP contribution in [0.2, 0.25) is 0 Å². The van der Waals surface area contributed by atoms with Gasteiger partial charge < -0.3 is 0 Å². The van der Waals surface area contributed by atoms with Gasteiger partial charge in [0.1, 0.15) is 0 Å². The summed E-state index contributed by atoms with van der Waals surface area (Å²) in [6.07, 6.45) is 13.6. The molecule has 1 aliphatic carbocycles. The van der Waals surface area contributed by atoms with Gasteiger partial charge in [-0.1, -0.05) is 38.0 Å². The third-order valence-electron chi connectivity index (χ3n) is 3.59. The Labute approximate surface area is 89.1 Å². The maximum absolute atomic E-state index is 3.77. The van der Waals surface area contributed by atoms with E-state index in [4.69, 9.17) is 0 Å². The second kappa shape index (κ2) is 5.38. The minimum absolute atomic E-state index is 0.595. The molecule has 0 amide bonds. The van der Waals surface area contributed by atoms with Gasteiger partial charge in [0, 0.05) is 0 Å². The Morgan fingerprint density at radius 1 is 1.57 bits per heavy atom. The van der Waals surface area contributed by atoms with E-state index in [9.17, 15) is 0 Å². The Morgan fingerprint density at radius 3 is 3.00 bits per heavy atom. The van der Waals surface area contributed by atoms with E-state index in [2.05, 4.69) is 26.5 Å². The average molecular weight is 192 g/mol. The number of rotatable bonds is 5. The Kier molecular flexibility index (Phi) is 4.44. The van der Waals surface area contributed by atoms with Crippen LogP contribution in [0, 0.1) is 5.41 Å². The van der Waals surface area contributed by atoms with E-state index in [-0.39, 0.29) is 0 Å². The second-order valence-electron chi connectivity index (χ2n) is 4.92. The Hall–Kier alpha value is -0.520. The van der Waals surface area contributed by atoms with Crippen molar-refractivity contribution in [2.45, 2.75) is 58.8 Å². The molecular weight excluding hydrogens is 168 g/mol. The molecule has 1 atom stereocenters. The molecule has 0 aromatic rings. The smallest absolute Gasteiger partial charge is 0.0266 e. The lowest BCUT2D eigenvalue weighted by molar-refractivity contribution is 0.268. The van der Waals surface area contributed by atoms with Crippen LogP contribution < -0.4 is 0 Å². The number of allylic oxidation sites excluding steroid dienone is 3. The van der Waals surface area contributed by atoms with E-state index in [1.54, 1.807) is 5.57 Å². The molecule has 0 aromatic carbocycles. The lowest BCUT2D eigenvalue weighted by atomic mass is 9.73. The summed E-state index contributed by atoms with van der Waals surface area (Å²) in [4.78, 5) is 0. The second-order valence-corrected chi connectivity index (χ2v) is 4.92. The molecule has 0 N–H and O–H groups in total. The van der Waals surface area contributed by atoms with Crippen molar-refractivity contribution in [3.05, 3.63) is 24.3 Å². The van der Waals surface area contributed by atoms with Crippen LogP contribution in [0.25, 0.3) is 0 Å². The van der Waals surface area contributed by atoms with E-state index in [1.807, 2.05) is 6.08 Å². The molecule has 1 rings (SSSR count). The molecule has 0 fully saturated rings. The zero-order chi connectivity index (χ0) is 10.4. The third kappa shape index (κ3) is 3.32. The van der Waals surface area contributed by atoms with Crippen molar-refractivity contribution in [1.82, 2.24) is 0 Å². The third-order valence-corrected chi connectivity index (χ3v) is 3.59. The highest BCUT2D eigenvalue weighted by Crippen LogP contribution is 2.39. The van der Waals surface area contributed by atoms with E-state index in [1.165, 1.54) is 44.9 Å². The first-order valence-electron chi connectivity index (χ1n) is 5.99. The van der Waals surface area contributed by atoms with Crippen LogP contribution >= 0.6 is 0 Å². The molecule has 0 saturated carbocycles. The van der Waals surface area contributed by atoms with Crippen LogP contribution in [-0.2, 0) is 0 Å². The van der Waals surface area contributed by atoms with Gasteiger partial charge in [-0.2, -0.15) is 0 Å². The zero-order valence-corrected chi connectivity index (χ0v) is 9.81. The van der Waals surface area contributed by atoms with Crippen molar-refractivity contribution in [1.29, 1.82) is 0 Å². The lowest BCUT2D eigenvalue weighted by Gasteiger charge is -2.33. The van der Waals surface area contributed by atoms with Gasteiger partial charge in [0.2, 0.25) is 0 Å². The maximum Gasteiger partial charge on any atom is -0.0266 e. The SMILES string of the molecule is C=CCCCC1=CCC[C@@](C)(CC)C1. The fourth-order valence-electron chi connectivity index (χ4n) is 2.30. The van der Waals surface area contributed by atoms with Crippen LogP contribution in [-0.4, -0.2) is 0 Å². The molecule has 0 aliphatic heterocycles. The molecule has 0 heteroatoms. The first-order chi connectivity index (χ1) is 6.70. The van der Waals surface area contributed by atoms with Gasteiger partial charge in [-0.3, -0.25) is 0 Å². The summed E-state index contributed by atoms with van der Waals surface area (Å²) in [6, 6.07) is 0. The van der Waals surface area contributed by atoms with Crippen molar-refractivity contribution < 1.29 is 0 Å².